The first-order valence-corrected chi connectivity index (χ1v) is 12.9. The smallest absolute Gasteiger partial charge is 0.337 e. The number of carbonyl (C=O) groups excluding carboxylic acids is 1. The zero-order valence-electron chi connectivity index (χ0n) is 19.2. The molecule has 10 heteroatoms. The number of halogens is 1. The maximum Gasteiger partial charge on any atom is 0.337 e. The number of rotatable bonds is 4. The molecule has 3 heterocycles. The van der Waals surface area contributed by atoms with Gasteiger partial charge in [0.1, 0.15) is 24.6 Å². The molecular formula is C26H22ClN3O5S. The van der Waals surface area contributed by atoms with E-state index in [0.717, 1.165) is 40.7 Å². The summed E-state index contributed by atoms with van der Waals surface area (Å²) in [5.41, 5.74) is 1.01. The number of nitrogens with one attached hydrogen (secondary N) is 1. The van der Waals surface area contributed by atoms with E-state index in [9.17, 15) is 14.4 Å². The van der Waals surface area contributed by atoms with Crippen LogP contribution in [0.2, 0.25) is 5.02 Å². The molecule has 1 aliphatic heterocycles. The average molecular weight is 524 g/mol. The van der Waals surface area contributed by atoms with Crippen molar-refractivity contribution in [2.75, 3.05) is 18.5 Å². The Morgan fingerprint density at radius 3 is 2.56 bits per heavy atom. The predicted octanol–water partition coefficient (Wildman–Crippen LogP) is 4.16. The van der Waals surface area contributed by atoms with Gasteiger partial charge in [-0.1, -0.05) is 11.6 Å². The van der Waals surface area contributed by atoms with Gasteiger partial charge in [-0.15, -0.1) is 11.3 Å². The first-order chi connectivity index (χ1) is 17.5. The van der Waals surface area contributed by atoms with E-state index in [0.29, 0.717) is 51.3 Å². The number of thiophene rings is 1. The van der Waals surface area contributed by atoms with Crippen LogP contribution < -0.4 is 26.0 Å². The number of hydrogen-bond donors (Lipinski definition) is 1. The number of anilines is 1. The van der Waals surface area contributed by atoms with Gasteiger partial charge in [0.25, 0.3) is 5.56 Å². The summed E-state index contributed by atoms with van der Waals surface area (Å²) in [5.74, 6) is 0.792. The molecule has 1 amide bonds. The van der Waals surface area contributed by atoms with E-state index in [1.54, 1.807) is 42.5 Å². The van der Waals surface area contributed by atoms with E-state index < -0.39 is 5.69 Å². The lowest BCUT2D eigenvalue weighted by Gasteiger charge is -2.19. The maximum atomic E-state index is 13.7. The third-order valence-corrected chi connectivity index (χ3v) is 8.02. The Morgan fingerprint density at radius 1 is 1.00 bits per heavy atom. The van der Waals surface area contributed by atoms with Crippen LogP contribution in [0.1, 0.15) is 23.3 Å². The molecule has 0 fully saturated rings. The van der Waals surface area contributed by atoms with Gasteiger partial charge in [-0.25, -0.2) is 9.36 Å². The molecule has 2 aromatic carbocycles. The number of carbonyl (C=O) groups is 1. The van der Waals surface area contributed by atoms with Crippen molar-refractivity contribution in [3.8, 4) is 17.2 Å². The highest BCUT2D eigenvalue weighted by molar-refractivity contribution is 7.18. The predicted molar refractivity (Wildman–Crippen MR) is 139 cm³/mol. The van der Waals surface area contributed by atoms with Gasteiger partial charge in [0, 0.05) is 21.7 Å². The Hall–Kier alpha value is -3.56. The summed E-state index contributed by atoms with van der Waals surface area (Å²) in [4.78, 5) is 42.1. The van der Waals surface area contributed by atoms with Crippen molar-refractivity contribution in [3.63, 3.8) is 0 Å². The number of fused-ring (bicyclic) bond motifs is 4. The highest BCUT2D eigenvalue weighted by atomic mass is 35.5. The van der Waals surface area contributed by atoms with Crippen LogP contribution in [0.15, 0.2) is 52.1 Å². The standard InChI is InChI=1S/C26H22ClN3O5S/c27-15-5-8-17(9-6-15)30-24(32)23-18-3-1-2-4-21(18)36-25(23)29(26(30)33)14-22(31)28-16-7-10-19-20(13-16)35-12-11-34-19/h5-10,13H,1-4,11-12,14H2,(H,28,31). The summed E-state index contributed by atoms with van der Waals surface area (Å²) >= 11 is 7.47. The van der Waals surface area contributed by atoms with Crippen LogP contribution in [0.5, 0.6) is 11.5 Å². The molecule has 36 heavy (non-hydrogen) atoms. The molecule has 6 rings (SSSR count). The molecule has 184 valence electrons. The average Bonchev–Trinajstić information content (AvgIpc) is 3.27. The van der Waals surface area contributed by atoms with Crippen molar-refractivity contribution < 1.29 is 14.3 Å². The minimum absolute atomic E-state index is 0.239. The van der Waals surface area contributed by atoms with Crippen LogP contribution in [-0.2, 0) is 24.2 Å². The van der Waals surface area contributed by atoms with E-state index >= 15 is 0 Å². The lowest BCUT2D eigenvalue weighted by atomic mass is 9.97. The van der Waals surface area contributed by atoms with Crippen LogP contribution >= 0.6 is 22.9 Å². The van der Waals surface area contributed by atoms with Crippen LogP contribution in [0.4, 0.5) is 5.69 Å². The molecule has 0 bridgehead atoms. The van der Waals surface area contributed by atoms with Crippen molar-refractivity contribution >= 4 is 44.7 Å². The summed E-state index contributed by atoms with van der Waals surface area (Å²) in [6, 6.07) is 11.7. The van der Waals surface area contributed by atoms with Crippen molar-refractivity contribution in [3.05, 3.63) is 78.8 Å². The van der Waals surface area contributed by atoms with Gasteiger partial charge in [-0.05, 0) is 67.6 Å². The largest absolute Gasteiger partial charge is 0.486 e. The van der Waals surface area contributed by atoms with Gasteiger partial charge < -0.3 is 14.8 Å². The zero-order chi connectivity index (χ0) is 24.8. The summed E-state index contributed by atoms with van der Waals surface area (Å²) in [5, 5.41) is 3.87. The second-order valence-electron chi connectivity index (χ2n) is 8.78. The van der Waals surface area contributed by atoms with Crippen molar-refractivity contribution in [1.82, 2.24) is 9.13 Å². The molecule has 0 saturated carbocycles. The van der Waals surface area contributed by atoms with E-state index in [-0.39, 0.29) is 18.0 Å². The fraction of sp³-hybridized carbons (Fsp3) is 0.269. The quantitative estimate of drug-likeness (QED) is 0.434. The molecule has 8 nitrogen and oxygen atoms in total. The summed E-state index contributed by atoms with van der Waals surface area (Å²) < 4.78 is 13.7. The monoisotopic (exact) mass is 523 g/mol. The number of benzene rings is 2. The third-order valence-electron chi connectivity index (χ3n) is 6.45. The Morgan fingerprint density at radius 2 is 1.75 bits per heavy atom. The normalized spacial score (nSPS) is 14.5. The van der Waals surface area contributed by atoms with Crippen LogP contribution in [0, 0.1) is 0 Å². The molecule has 0 radical (unpaired) electrons. The van der Waals surface area contributed by atoms with Crippen molar-refractivity contribution in [2.45, 2.75) is 32.2 Å². The first-order valence-electron chi connectivity index (χ1n) is 11.7. The van der Waals surface area contributed by atoms with Gasteiger partial charge in [0.2, 0.25) is 5.91 Å². The highest BCUT2D eigenvalue weighted by Gasteiger charge is 2.25. The first kappa shape index (κ1) is 22.9. The second-order valence-corrected chi connectivity index (χ2v) is 10.3. The minimum atomic E-state index is -0.564. The number of nitrogens with zero attached hydrogens (tertiary/aromatic N) is 2. The van der Waals surface area contributed by atoms with Crippen LogP contribution in [-0.4, -0.2) is 28.3 Å². The van der Waals surface area contributed by atoms with Crippen molar-refractivity contribution in [1.29, 1.82) is 0 Å². The highest BCUT2D eigenvalue weighted by Crippen LogP contribution is 2.35. The lowest BCUT2D eigenvalue weighted by molar-refractivity contribution is -0.116. The number of aryl methyl sites for hydroxylation is 2. The summed E-state index contributed by atoms with van der Waals surface area (Å²) in [6.07, 6.45) is 3.68. The topological polar surface area (TPSA) is 91.6 Å². The minimum Gasteiger partial charge on any atom is -0.486 e. The van der Waals surface area contributed by atoms with Gasteiger partial charge in [-0.2, -0.15) is 0 Å². The molecule has 4 aromatic rings. The van der Waals surface area contributed by atoms with Crippen LogP contribution in [0.3, 0.4) is 0 Å². The zero-order valence-corrected chi connectivity index (χ0v) is 20.8. The lowest BCUT2D eigenvalue weighted by Crippen LogP contribution is -2.40. The van der Waals surface area contributed by atoms with E-state index in [1.165, 1.54) is 15.9 Å². The Labute approximate surface area is 214 Å². The van der Waals surface area contributed by atoms with Crippen molar-refractivity contribution in [2.24, 2.45) is 0 Å². The fourth-order valence-corrected chi connectivity index (χ4v) is 6.29. The number of ether oxygens (including phenoxy) is 2. The molecule has 0 saturated heterocycles. The molecule has 1 aliphatic carbocycles. The molecule has 1 N–H and O–H groups in total. The second kappa shape index (κ2) is 9.15. The molecule has 2 aromatic heterocycles. The number of aromatic nitrogens is 2. The fourth-order valence-electron chi connectivity index (χ4n) is 4.79. The maximum absolute atomic E-state index is 13.7. The molecule has 2 aliphatic rings. The molecular weight excluding hydrogens is 502 g/mol. The third kappa shape index (κ3) is 3.98. The Bertz CT molecular complexity index is 1620. The van der Waals surface area contributed by atoms with Gasteiger partial charge in [0.05, 0.1) is 11.1 Å². The Balaban J connectivity index is 1.44. The van der Waals surface area contributed by atoms with E-state index in [1.807, 2.05) is 0 Å². The van der Waals surface area contributed by atoms with Crippen LogP contribution in [0.25, 0.3) is 15.9 Å². The van der Waals surface area contributed by atoms with E-state index in [2.05, 4.69) is 5.32 Å². The number of hydrogen-bond acceptors (Lipinski definition) is 6. The van der Waals surface area contributed by atoms with E-state index in [4.69, 9.17) is 21.1 Å². The SMILES string of the molecule is O=C(Cn1c(=O)n(-c2ccc(Cl)cc2)c(=O)c2c3c(sc21)CCCC3)Nc1ccc2c(c1)OCCO2. The van der Waals surface area contributed by atoms with Gasteiger partial charge in [-0.3, -0.25) is 14.2 Å². The molecule has 0 spiro atoms. The summed E-state index contributed by atoms with van der Waals surface area (Å²) in [7, 11) is 0. The van der Waals surface area contributed by atoms with Gasteiger partial charge in [0.15, 0.2) is 11.5 Å². The van der Waals surface area contributed by atoms with Gasteiger partial charge >= 0.3 is 5.69 Å². The Kier molecular flexibility index (Phi) is 5.81. The molecule has 0 unspecified atom stereocenters. The summed E-state index contributed by atoms with van der Waals surface area (Å²) in [6.45, 7) is 0.676. The molecule has 0 atom stereocenters. The number of amides is 1.